The van der Waals surface area contributed by atoms with E-state index in [2.05, 4.69) is 26.5 Å². The Morgan fingerprint density at radius 2 is 1.72 bits per heavy atom. The monoisotopic (exact) mass is 698 g/mol. The zero-order valence-corrected chi connectivity index (χ0v) is 27.1. The van der Waals surface area contributed by atoms with Gasteiger partial charge in [-0.05, 0) is 13.0 Å². The summed E-state index contributed by atoms with van der Waals surface area (Å²) in [6.07, 6.45) is 2.63. The lowest BCUT2D eigenvalue weighted by atomic mass is 10.1. The highest BCUT2D eigenvalue weighted by Gasteiger charge is 2.25. The van der Waals surface area contributed by atoms with Crippen LogP contribution in [0.4, 0.5) is 0 Å². The van der Waals surface area contributed by atoms with Crippen LogP contribution in [0.25, 0.3) is 0 Å². The molecule has 1 aromatic rings. The number of Topliss-reactive ketones (excluding diaryl/α,β-unsaturated/α-hetero) is 1. The van der Waals surface area contributed by atoms with Gasteiger partial charge in [0.2, 0.25) is 0 Å². The summed E-state index contributed by atoms with van der Waals surface area (Å²) in [5, 5.41) is 0.102. The molecule has 0 aliphatic carbocycles. The van der Waals surface area contributed by atoms with Gasteiger partial charge in [-0.25, -0.2) is 20.0 Å². The van der Waals surface area contributed by atoms with Crippen molar-refractivity contribution in [1.82, 2.24) is 9.97 Å². The van der Waals surface area contributed by atoms with Crippen LogP contribution in [0.1, 0.15) is 30.7 Å². The number of carbonyl (C=O) groups is 1. The number of ketones is 1. The van der Waals surface area contributed by atoms with Crippen LogP contribution in [0.5, 0.6) is 0 Å². The van der Waals surface area contributed by atoms with E-state index < -0.39 is 42.2 Å². The highest BCUT2D eigenvalue weighted by Crippen LogP contribution is 2.34. The zero-order chi connectivity index (χ0) is 29.5. The Morgan fingerprint density at radius 1 is 1.08 bits per heavy atom. The van der Waals surface area contributed by atoms with Crippen molar-refractivity contribution in [3.05, 3.63) is 29.7 Å². The normalized spacial score (nSPS) is 14.4. The largest absolute Gasteiger partial charge is 0.300 e. The summed E-state index contributed by atoms with van der Waals surface area (Å²) in [5.41, 5.74) is 0.481. The summed E-state index contributed by atoms with van der Waals surface area (Å²) in [4.78, 5) is 30.3. The van der Waals surface area contributed by atoms with E-state index in [1.54, 1.807) is 13.0 Å². The Hall–Kier alpha value is -0.370. The Bertz CT molecular complexity index is 1230. The molecule has 2 unspecified atom stereocenters. The second-order valence-electron chi connectivity index (χ2n) is 7.28. The maximum absolute atomic E-state index is 13.3. The van der Waals surface area contributed by atoms with Crippen LogP contribution in [-0.4, -0.2) is 92.4 Å². The molecule has 2 N–H and O–H groups in total. The van der Waals surface area contributed by atoms with Crippen molar-refractivity contribution in [3.8, 4) is 0 Å². The molecule has 1 aromatic heterocycles. The molecule has 0 amide bonds. The van der Waals surface area contributed by atoms with E-state index in [9.17, 15) is 21.6 Å². The first-order chi connectivity index (χ1) is 18.3. The third kappa shape index (κ3) is 17.2. The molecule has 0 saturated carbocycles. The van der Waals surface area contributed by atoms with Crippen LogP contribution >= 0.6 is 70.2 Å². The molecule has 11 nitrogen and oxygen atoms in total. The van der Waals surface area contributed by atoms with Crippen LogP contribution < -0.4 is 0 Å². The summed E-state index contributed by atoms with van der Waals surface area (Å²) in [5.74, 6) is -1.09. The van der Waals surface area contributed by atoms with Crippen molar-refractivity contribution < 1.29 is 30.7 Å². The molecule has 0 spiro atoms. The second kappa shape index (κ2) is 18.9. The van der Waals surface area contributed by atoms with E-state index in [1.165, 1.54) is 24.3 Å². The second-order valence-corrected chi connectivity index (χ2v) is 16.3. The van der Waals surface area contributed by atoms with Crippen molar-refractivity contribution >= 4 is 108 Å². The van der Waals surface area contributed by atoms with E-state index in [0.717, 1.165) is 35.3 Å². The number of halogens is 2. The van der Waals surface area contributed by atoms with Crippen LogP contribution in [0.15, 0.2) is 39.0 Å². The van der Waals surface area contributed by atoms with Crippen LogP contribution in [0.3, 0.4) is 0 Å². The molecule has 1 rings (SSSR count). The average Bonchev–Trinajstić information content (AvgIpc) is 2.81. The number of hydrogen-bond acceptors (Lipinski definition) is 12. The van der Waals surface area contributed by atoms with Crippen LogP contribution in [0, 0.1) is 0 Å². The van der Waals surface area contributed by atoms with Crippen LogP contribution in [0.2, 0.25) is 0 Å². The van der Waals surface area contributed by atoms with Crippen molar-refractivity contribution in [1.29, 1.82) is 0 Å². The predicted octanol–water partition coefficient (Wildman–Crippen LogP) is 4.66. The van der Waals surface area contributed by atoms with Gasteiger partial charge < -0.3 is 0 Å². The molecule has 0 aliphatic rings. The quantitative estimate of drug-likeness (QED) is 0.0510. The number of amidine groups is 1. The number of hydrogen-bond donors (Lipinski definition) is 2. The minimum Gasteiger partial charge on any atom is -0.300 e. The molecule has 1 heterocycles. The number of rotatable bonds is 19. The number of aromatic nitrogens is 2. The van der Waals surface area contributed by atoms with Gasteiger partial charge in [0.05, 0.1) is 43.2 Å². The minimum absolute atomic E-state index is 0.00755. The van der Waals surface area contributed by atoms with Gasteiger partial charge in [-0.3, -0.25) is 13.9 Å². The molecule has 0 saturated heterocycles. The third-order valence-corrected chi connectivity index (χ3v) is 10.6. The highest BCUT2D eigenvalue weighted by atomic mass is 35.5. The Kier molecular flexibility index (Phi) is 17.8. The highest BCUT2D eigenvalue weighted by molar-refractivity contribution is 8.04. The van der Waals surface area contributed by atoms with Gasteiger partial charge in [-0.2, -0.15) is 28.6 Å². The fourth-order valence-electron chi connectivity index (χ4n) is 2.77. The lowest BCUT2D eigenvalue weighted by Crippen LogP contribution is -2.23. The predicted molar refractivity (Wildman–Crippen MR) is 166 cm³/mol. The van der Waals surface area contributed by atoms with Gasteiger partial charge in [0.25, 0.3) is 20.2 Å². The SMILES string of the molecule is C=C(N=C(N=CC)C(CC(=O)CC(SCCS(=O)(=O)O)c1cc(SCCl)ncn1)SCCS(=O)(=O)O)SCCl. The first kappa shape index (κ1) is 36.7. The van der Waals surface area contributed by atoms with E-state index in [-0.39, 0.29) is 46.4 Å². The molecule has 0 aromatic carbocycles. The molecule has 19 heteroatoms. The molecular weight excluding hydrogens is 672 g/mol. The Balaban J connectivity index is 3.23. The number of thioether (sulfide) groups is 4. The average molecular weight is 700 g/mol. The van der Waals surface area contributed by atoms with Gasteiger partial charge in [0.1, 0.15) is 23.0 Å². The Labute approximate surface area is 255 Å². The molecule has 0 aliphatic heterocycles. The molecule has 0 radical (unpaired) electrons. The first-order valence-corrected chi connectivity index (χ1v) is 19.2. The summed E-state index contributed by atoms with van der Waals surface area (Å²) in [6.45, 7) is 5.46. The molecule has 39 heavy (non-hydrogen) atoms. The topological polar surface area (TPSA) is 176 Å². The maximum atomic E-state index is 13.3. The standard InChI is InChI=1S/C20H28Cl2N4O7S6/c1-3-23-20(26-14(2)36-11-21)18(35-5-7-39(31,32)33)9-15(27)8-17(34-4-6-38(28,29)30)16-10-19(37-12-22)25-13-24-16/h3,10,13,17-18H,2,4-9,11-12H2,1H3,(H,28,29,30)(H,31,32,33). The van der Waals surface area contributed by atoms with Crippen molar-refractivity contribution in [2.24, 2.45) is 9.98 Å². The van der Waals surface area contributed by atoms with Gasteiger partial charge in [0, 0.05) is 30.6 Å². The zero-order valence-electron chi connectivity index (χ0n) is 20.7. The third-order valence-electron chi connectivity index (χ3n) is 4.35. The number of carbonyl (C=O) groups excluding carboxylic acids is 1. The number of alkyl halides is 2. The number of nitrogens with zero attached hydrogens (tertiary/aromatic N) is 4. The van der Waals surface area contributed by atoms with Gasteiger partial charge in [0.15, 0.2) is 0 Å². The van der Waals surface area contributed by atoms with E-state index in [4.69, 9.17) is 32.3 Å². The molecule has 0 fully saturated rings. The fraction of sp³-hybridized carbons (Fsp3) is 0.550. The van der Waals surface area contributed by atoms with Gasteiger partial charge >= 0.3 is 0 Å². The van der Waals surface area contributed by atoms with E-state index in [0.29, 0.717) is 15.7 Å². The Morgan fingerprint density at radius 3 is 2.28 bits per heavy atom. The van der Waals surface area contributed by atoms with Crippen molar-refractivity contribution in [2.45, 2.75) is 35.3 Å². The van der Waals surface area contributed by atoms with Crippen molar-refractivity contribution in [3.63, 3.8) is 0 Å². The van der Waals surface area contributed by atoms with E-state index >= 15 is 0 Å². The molecule has 220 valence electrons. The summed E-state index contributed by atoms with van der Waals surface area (Å²) in [7, 11) is -8.43. The number of aliphatic imine (C=N–C) groups is 2. The smallest absolute Gasteiger partial charge is 0.265 e. The summed E-state index contributed by atoms with van der Waals surface area (Å²) < 4.78 is 63.2. The summed E-state index contributed by atoms with van der Waals surface area (Å²) in [6, 6.07) is 1.66. The molecular formula is C20H28Cl2N4O7S6. The first-order valence-electron chi connectivity index (χ1n) is 10.9. The molecule has 2 atom stereocenters. The molecule has 0 bridgehead atoms. The fourth-order valence-corrected chi connectivity index (χ4v) is 8.39. The lowest BCUT2D eigenvalue weighted by molar-refractivity contribution is -0.118. The van der Waals surface area contributed by atoms with Gasteiger partial charge in [-0.15, -0.1) is 35.0 Å². The minimum atomic E-state index is -4.23. The van der Waals surface area contributed by atoms with Crippen LogP contribution in [-0.2, 0) is 25.0 Å². The van der Waals surface area contributed by atoms with E-state index in [1.807, 2.05) is 0 Å². The maximum Gasteiger partial charge on any atom is 0.265 e. The lowest BCUT2D eigenvalue weighted by Gasteiger charge is -2.19. The van der Waals surface area contributed by atoms with Crippen molar-refractivity contribution in [2.75, 3.05) is 33.4 Å². The summed E-state index contributed by atoms with van der Waals surface area (Å²) >= 11 is 16.2. The van der Waals surface area contributed by atoms with Gasteiger partial charge in [-0.1, -0.05) is 30.1 Å².